The Morgan fingerprint density at radius 3 is 2.33 bits per heavy atom. The van der Waals surface area contributed by atoms with Crippen LogP contribution in [0.15, 0.2) is 29.2 Å². The van der Waals surface area contributed by atoms with Crippen LogP contribution in [0.1, 0.15) is 20.8 Å². The van der Waals surface area contributed by atoms with Crippen LogP contribution in [0.3, 0.4) is 0 Å². The molecule has 0 aliphatic rings. The van der Waals surface area contributed by atoms with Crippen LogP contribution < -0.4 is 0 Å². The molecule has 0 aromatic heterocycles. The number of carbonyl (C=O) groups excluding carboxylic acids is 2. The third-order valence-corrected chi connectivity index (χ3v) is 3.91. The second-order valence-corrected chi connectivity index (χ2v) is 5.86. The van der Waals surface area contributed by atoms with Gasteiger partial charge in [0.1, 0.15) is 5.41 Å². The van der Waals surface area contributed by atoms with E-state index in [-0.39, 0.29) is 23.8 Å². The topological polar surface area (TPSA) is 86.5 Å². The Kier molecular flexibility index (Phi) is 5.90. The maximum absolute atomic E-state index is 12.1. The number of nitro groups is 1. The SMILES string of the molecule is CCOC(=O)C(C)(C)C(=O)CSc1ccc([N+](=O)[O-])cc1. The third-order valence-electron chi connectivity index (χ3n) is 2.90. The number of Topliss-reactive ketones (excluding diaryl/α,β-unsaturated/α-hetero) is 1. The largest absolute Gasteiger partial charge is 0.465 e. The van der Waals surface area contributed by atoms with Gasteiger partial charge in [0.05, 0.1) is 17.3 Å². The van der Waals surface area contributed by atoms with Gasteiger partial charge in [0, 0.05) is 17.0 Å². The molecule has 21 heavy (non-hydrogen) atoms. The molecule has 0 atom stereocenters. The number of benzene rings is 1. The van der Waals surface area contributed by atoms with Gasteiger partial charge in [-0.25, -0.2) is 0 Å². The van der Waals surface area contributed by atoms with E-state index in [1.54, 1.807) is 19.1 Å². The van der Waals surface area contributed by atoms with Gasteiger partial charge in [-0.3, -0.25) is 19.7 Å². The normalized spacial score (nSPS) is 11.0. The van der Waals surface area contributed by atoms with Crippen LogP contribution in [0.2, 0.25) is 0 Å². The molecule has 1 aromatic rings. The highest BCUT2D eigenvalue weighted by Crippen LogP contribution is 2.26. The number of hydrogen-bond acceptors (Lipinski definition) is 6. The molecule has 7 heteroatoms. The molecule has 0 saturated heterocycles. The van der Waals surface area contributed by atoms with Crippen molar-refractivity contribution in [2.45, 2.75) is 25.7 Å². The molecular weight excluding hydrogens is 294 g/mol. The lowest BCUT2D eigenvalue weighted by atomic mass is 9.89. The second kappa shape index (κ2) is 7.21. The van der Waals surface area contributed by atoms with Crippen molar-refractivity contribution in [1.82, 2.24) is 0 Å². The predicted molar refractivity (Wildman–Crippen MR) is 79.2 cm³/mol. The molecule has 0 unspecified atom stereocenters. The monoisotopic (exact) mass is 311 g/mol. The molecule has 0 fully saturated rings. The van der Waals surface area contributed by atoms with E-state index in [0.717, 1.165) is 4.90 Å². The Labute approximate surface area is 127 Å². The first-order chi connectivity index (χ1) is 9.78. The van der Waals surface area contributed by atoms with E-state index in [1.807, 2.05) is 0 Å². The molecule has 0 N–H and O–H groups in total. The van der Waals surface area contributed by atoms with Gasteiger partial charge in [-0.15, -0.1) is 11.8 Å². The van der Waals surface area contributed by atoms with E-state index in [9.17, 15) is 19.7 Å². The highest BCUT2D eigenvalue weighted by atomic mass is 32.2. The molecule has 0 bridgehead atoms. The molecule has 0 saturated carbocycles. The van der Waals surface area contributed by atoms with Gasteiger partial charge in [-0.1, -0.05) is 0 Å². The minimum atomic E-state index is -1.19. The fraction of sp³-hybridized carbons (Fsp3) is 0.429. The molecule has 0 heterocycles. The molecule has 0 spiro atoms. The molecule has 114 valence electrons. The predicted octanol–water partition coefficient (Wildman–Crippen LogP) is 2.85. The van der Waals surface area contributed by atoms with Gasteiger partial charge < -0.3 is 4.74 Å². The second-order valence-electron chi connectivity index (χ2n) is 4.81. The van der Waals surface area contributed by atoms with Gasteiger partial charge >= 0.3 is 5.97 Å². The summed E-state index contributed by atoms with van der Waals surface area (Å²) in [5.74, 6) is -0.688. The maximum Gasteiger partial charge on any atom is 0.319 e. The van der Waals surface area contributed by atoms with Gasteiger partial charge in [0.15, 0.2) is 5.78 Å². The number of ether oxygens (including phenoxy) is 1. The summed E-state index contributed by atoms with van der Waals surface area (Å²) in [7, 11) is 0. The molecular formula is C14H17NO5S. The van der Waals surface area contributed by atoms with E-state index >= 15 is 0 Å². The lowest BCUT2D eigenvalue weighted by Crippen LogP contribution is -2.36. The van der Waals surface area contributed by atoms with Crippen molar-refractivity contribution in [3.63, 3.8) is 0 Å². The van der Waals surface area contributed by atoms with Gasteiger partial charge in [0.2, 0.25) is 0 Å². The fourth-order valence-corrected chi connectivity index (χ4v) is 2.41. The van der Waals surface area contributed by atoms with Crippen molar-refractivity contribution in [3.05, 3.63) is 34.4 Å². The van der Waals surface area contributed by atoms with Gasteiger partial charge in [-0.2, -0.15) is 0 Å². The Bertz CT molecular complexity index is 539. The van der Waals surface area contributed by atoms with E-state index < -0.39 is 16.3 Å². The Morgan fingerprint density at radius 1 is 1.29 bits per heavy atom. The van der Waals surface area contributed by atoms with E-state index in [1.165, 1.54) is 37.7 Å². The quantitative estimate of drug-likeness (QED) is 0.253. The van der Waals surface area contributed by atoms with Crippen molar-refractivity contribution in [3.8, 4) is 0 Å². The summed E-state index contributed by atoms with van der Waals surface area (Å²) < 4.78 is 4.88. The van der Waals surface area contributed by atoms with Gasteiger partial charge in [0.25, 0.3) is 5.69 Å². The third kappa shape index (κ3) is 4.56. The van der Waals surface area contributed by atoms with Crippen LogP contribution in [-0.2, 0) is 14.3 Å². The molecule has 1 rings (SSSR count). The first kappa shape index (κ1) is 17.2. The average molecular weight is 311 g/mol. The van der Waals surface area contributed by atoms with Crippen molar-refractivity contribution >= 4 is 29.2 Å². The van der Waals surface area contributed by atoms with Crippen LogP contribution in [-0.4, -0.2) is 29.0 Å². The number of non-ortho nitro benzene ring substituents is 1. The van der Waals surface area contributed by atoms with Crippen molar-refractivity contribution < 1.29 is 19.2 Å². The number of thioether (sulfide) groups is 1. The summed E-state index contributed by atoms with van der Waals surface area (Å²) in [5, 5.41) is 10.5. The van der Waals surface area contributed by atoms with Crippen molar-refractivity contribution in [2.24, 2.45) is 5.41 Å². The number of rotatable bonds is 7. The molecule has 0 aliphatic carbocycles. The average Bonchev–Trinajstić information content (AvgIpc) is 2.45. The highest BCUT2D eigenvalue weighted by molar-refractivity contribution is 8.00. The summed E-state index contributed by atoms with van der Waals surface area (Å²) in [5.41, 5.74) is -1.19. The molecule has 0 radical (unpaired) electrons. The fourth-order valence-electron chi connectivity index (χ4n) is 1.42. The molecule has 1 aromatic carbocycles. The molecule has 6 nitrogen and oxygen atoms in total. The number of carbonyl (C=O) groups is 2. The van der Waals surface area contributed by atoms with E-state index in [0.29, 0.717) is 0 Å². The van der Waals surface area contributed by atoms with Crippen LogP contribution in [0.4, 0.5) is 5.69 Å². The Balaban J connectivity index is 2.64. The van der Waals surface area contributed by atoms with Crippen LogP contribution in [0.5, 0.6) is 0 Å². The number of ketones is 1. The number of nitro benzene ring substituents is 1. The lowest BCUT2D eigenvalue weighted by Gasteiger charge is -2.20. The minimum absolute atomic E-state index is 0.00229. The standard InChI is InChI=1S/C14H17NO5S/c1-4-20-13(17)14(2,3)12(16)9-21-11-7-5-10(6-8-11)15(18)19/h5-8H,4,9H2,1-3H3. The highest BCUT2D eigenvalue weighted by Gasteiger charge is 2.36. The summed E-state index contributed by atoms with van der Waals surface area (Å²) in [6, 6.07) is 5.91. The first-order valence-electron chi connectivity index (χ1n) is 6.36. The number of hydrogen-bond donors (Lipinski definition) is 0. The van der Waals surface area contributed by atoms with Crippen LogP contribution in [0.25, 0.3) is 0 Å². The summed E-state index contributed by atoms with van der Waals surface area (Å²) in [6.07, 6.45) is 0. The Morgan fingerprint density at radius 2 is 1.86 bits per heavy atom. The Hall–Kier alpha value is -1.89. The van der Waals surface area contributed by atoms with Crippen molar-refractivity contribution in [1.29, 1.82) is 0 Å². The van der Waals surface area contributed by atoms with E-state index in [4.69, 9.17) is 4.74 Å². The molecule has 0 aliphatic heterocycles. The first-order valence-corrected chi connectivity index (χ1v) is 7.35. The zero-order valence-corrected chi connectivity index (χ0v) is 12.9. The number of esters is 1. The van der Waals surface area contributed by atoms with Crippen molar-refractivity contribution in [2.75, 3.05) is 12.4 Å². The van der Waals surface area contributed by atoms with Gasteiger partial charge in [-0.05, 0) is 32.9 Å². The summed E-state index contributed by atoms with van der Waals surface area (Å²) in [4.78, 5) is 34.6. The van der Waals surface area contributed by atoms with E-state index in [2.05, 4.69) is 0 Å². The van der Waals surface area contributed by atoms with Crippen LogP contribution in [0, 0.1) is 15.5 Å². The van der Waals surface area contributed by atoms with Crippen LogP contribution >= 0.6 is 11.8 Å². The maximum atomic E-state index is 12.1. The molecule has 0 amide bonds. The minimum Gasteiger partial charge on any atom is -0.465 e. The smallest absolute Gasteiger partial charge is 0.319 e. The lowest BCUT2D eigenvalue weighted by molar-refractivity contribution is -0.384. The zero-order valence-electron chi connectivity index (χ0n) is 12.1. The summed E-state index contributed by atoms with van der Waals surface area (Å²) >= 11 is 1.23. The number of nitrogens with zero attached hydrogens (tertiary/aromatic N) is 1. The summed E-state index contributed by atoms with van der Waals surface area (Å²) in [6.45, 7) is 4.97. The zero-order chi connectivity index (χ0) is 16.0.